The van der Waals surface area contributed by atoms with E-state index in [1.165, 1.54) is 4.90 Å². The van der Waals surface area contributed by atoms with Crippen molar-refractivity contribution in [2.24, 2.45) is 11.7 Å². The van der Waals surface area contributed by atoms with Crippen molar-refractivity contribution in [3.8, 4) is 0 Å². The van der Waals surface area contributed by atoms with Crippen LogP contribution < -0.4 is 11.1 Å². The Balaban J connectivity index is 2.76. The Morgan fingerprint density at radius 2 is 1.82 bits per heavy atom. The molecule has 0 radical (unpaired) electrons. The summed E-state index contributed by atoms with van der Waals surface area (Å²) in [5.41, 5.74) is 6.19. The Morgan fingerprint density at radius 3 is 2.27 bits per heavy atom. The maximum Gasteiger partial charge on any atom is 0.244 e. The molecule has 0 aliphatic carbocycles. The van der Waals surface area contributed by atoms with E-state index in [9.17, 15) is 9.59 Å². The lowest BCUT2D eigenvalue weighted by Gasteiger charge is -2.25. The monoisotopic (exact) mass is 345 g/mol. The van der Waals surface area contributed by atoms with E-state index >= 15 is 0 Å². The molecule has 0 heterocycles. The summed E-state index contributed by atoms with van der Waals surface area (Å²) in [5, 5.41) is 3.31. The van der Waals surface area contributed by atoms with Gasteiger partial charge in [0.1, 0.15) is 0 Å². The molecule has 1 atom stereocenters. The molecule has 7 heteroatoms. The summed E-state index contributed by atoms with van der Waals surface area (Å²) < 4.78 is 0. The summed E-state index contributed by atoms with van der Waals surface area (Å²) in [6, 6.07) is 4.31. The van der Waals surface area contributed by atoms with Gasteiger partial charge in [0, 0.05) is 6.54 Å². The number of para-hydroxylation sites is 1. The second-order valence-electron chi connectivity index (χ2n) is 5.27. The van der Waals surface area contributed by atoms with Gasteiger partial charge in [-0.05, 0) is 25.0 Å². The SMILES string of the molecule is CCN(CC(=O)Nc1c(Cl)cccc1Cl)C(=O)C(N)C(C)C. The number of nitrogens with zero attached hydrogens (tertiary/aromatic N) is 1. The summed E-state index contributed by atoms with van der Waals surface area (Å²) in [6.45, 7) is 5.81. The molecular weight excluding hydrogens is 325 g/mol. The fourth-order valence-electron chi connectivity index (χ4n) is 1.81. The standard InChI is InChI=1S/C15H21Cl2N3O2/c1-4-20(15(22)13(18)9(2)3)8-12(21)19-14-10(16)6-5-7-11(14)17/h5-7,9,13H,4,8,18H2,1-3H3,(H,19,21). The van der Waals surface area contributed by atoms with Crippen LogP contribution in [0.5, 0.6) is 0 Å². The topological polar surface area (TPSA) is 75.4 Å². The average Bonchev–Trinajstić information content (AvgIpc) is 2.47. The number of hydrogen-bond acceptors (Lipinski definition) is 3. The lowest BCUT2D eigenvalue weighted by atomic mass is 10.0. The number of rotatable bonds is 6. The molecule has 5 nitrogen and oxygen atoms in total. The minimum Gasteiger partial charge on any atom is -0.332 e. The Hall–Kier alpha value is -1.30. The first kappa shape index (κ1) is 18.7. The first-order valence-corrected chi connectivity index (χ1v) is 7.81. The molecule has 0 aliphatic heterocycles. The molecule has 3 N–H and O–H groups in total. The zero-order valence-electron chi connectivity index (χ0n) is 12.9. The first-order valence-electron chi connectivity index (χ1n) is 7.06. The van der Waals surface area contributed by atoms with E-state index in [0.717, 1.165) is 0 Å². The van der Waals surface area contributed by atoms with Crippen LogP contribution in [0.3, 0.4) is 0 Å². The van der Waals surface area contributed by atoms with Crippen LogP contribution in [0, 0.1) is 5.92 Å². The maximum atomic E-state index is 12.2. The van der Waals surface area contributed by atoms with Crippen molar-refractivity contribution in [2.75, 3.05) is 18.4 Å². The predicted octanol–water partition coefficient (Wildman–Crippen LogP) is 2.76. The maximum absolute atomic E-state index is 12.2. The molecule has 0 bridgehead atoms. The molecule has 22 heavy (non-hydrogen) atoms. The number of carbonyl (C=O) groups is 2. The van der Waals surface area contributed by atoms with Gasteiger partial charge in [-0.2, -0.15) is 0 Å². The van der Waals surface area contributed by atoms with Gasteiger partial charge >= 0.3 is 0 Å². The molecule has 1 aromatic rings. The zero-order chi connectivity index (χ0) is 16.9. The van der Waals surface area contributed by atoms with Crippen LogP contribution >= 0.6 is 23.2 Å². The summed E-state index contributed by atoms with van der Waals surface area (Å²) in [7, 11) is 0. The third-order valence-corrected chi connectivity index (χ3v) is 3.89. The highest BCUT2D eigenvalue weighted by Gasteiger charge is 2.24. The highest BCUT2D eigenvalue weighted by Crippen LogP contribution is 2.29. The van der Waals surface area contributed by atoms with Crippen molar-refractivity contribution in [3.63, 3.8) is 0 Å². The lowest BCUT2D eigenvalue weighted by molar-refractivity contribution is -0.136. The molecule has 0 fully saturated rings. The largest absolute Gasteiger partial charge is 0.332 e. The first-order chi connectivity index (χ1) is 10.3. The minimum absolute atomic E-state index is 0.00243. The number of anilines is 1. The van der Waals surface area contributed by atoms with Crippen molar-refractivity contribution < 1.29 is 9.59 Å². The molecule has 2 amide bonds. The van der Waals surface area contributed by atoms with Crippen molar-refractivity contribution >= 4 is 40.7 Å². The van der Waals surface area contributed by atoms with Crippen molar-refractivity contribution in [2.45, 2.75) is 26.8 Å². The van der Waals surface area contributed by atoms with Gasteiger partial charge in [-0.3, -0.25) is 9.59 Å². The van der Waals surface area contributed by atoms with Gasteiger partial charge in [0.15, 0.2) is 0 Å². The number of hydrogen-bond donors (Lipinski definition) is 2. The van der Waals surface area contributed by atoms with Gasteiger partial charge in [-0.1, -0.05) is 43.1 Å². The Labute approximate surface area is 140 Å². The van der Waals surface area contributed by atoms with Gasteiger partial charge in [0.05, 0.1) is 28.3 Å². The van der Waals surface area contributed by atoms with E-state index < -0.39 is 6.04 Å². The average molecular weight is 346 g/mol. The van der Waals surface area contributed by atoms with Crippen molar-refractivity contribution in [1.82, 2.24) is 4.90 Å². The number of carbonyl (C=O) groups excluding carboxylic acids is 2. The molecule has 0 aliphatic rings. The molecule has 1 aromatic carbocycles. The molecular formula is C15H21Cl2N3O2. The summed E-state index contributed by atoms with van der Waals surface area (Å²) in [6.07, 6.45) is 0. The number of halogens is 2. The number of amides is 2. The highest BCUT2D eigenvalue weighted by molar-refractivity contribution is 6.39. The molecule has 122 valence electrons. The summed E-state index contributed by atoms with van der Waals surface area (Å²) in [5.74, 6) is -0.623. The van der Waals surface area contributed by atoms with Crippen molar-refractivity contribution in [3.05, 3.63) is 28.2 Å². The van der Waals surface area contributed by atoms with Crippen LogP contribution in [-0.2, 0) is 9.59 Å². The quantitative estimate of drug-likeness (QED) is 0.832. The van der Waals surface area contributed by atoms with Crippen LogP contribution in [0.1, 0.15) is 20.8 Å². The number of benzene rings is 1. The van der Waals surface area contributed by atoms with Gasteiger partial charge in [0.2, 0.25) is 11.8 Å². The molecule has 0 saturated carbocycles. The highest BCUT2D eigenvalue weighted by atomic mass is 35.5. The predicted molar refractivity (Wildman–Crippen MR) is 90.2 cm³/mol. The Bertz CT molecular complexity index is 529. The van der Waals surface area contributed by atoms with Crippen LogP contribution in [-0.4, -0.2) is 35.8 Å². The fraction of sp³-hybridized carbons (Fsp3) is 0.467. The van der Waals surface area contributed by atoms with Gasteiger partial charge in [-0.15, -0.1) is 0 Å². The molecule has 1 unspecified atom stereocenters. The van der Waals surface area contributed by atoms with Gasteiger partial charge < -0.3 is 16.0 Å². The number of likely N-dealkylation sites (N-methyl/N-ethyl adjacent to an activating group) is 1. The van der Waals surface area contributed by atoms with E-state index in [4.69, 9.17) is 28.9 Å². The summed E-state index contributed by atoms with van der Waals surface area (Å²) >= 11 is 12.0. The summed E-state index contributed by atoms with van der Waals surface area (Å²) in [4.78, 5) is 25.7. The van der Waals surface area contributed by atoms with Crippen LogP contribution in [0.15, 0.2) is 18.2 Å². The van der Waals surface area contributed by atoms with Crippen LogP contribution in [0.2, 0.25) is 10.0 Å². The second kappa shape index (κ2) is 8.36. The van der Waals surface area contributed by atoms with Crippen LogP contribution in [0.4, 0.5) is 5.69 Å². The molecule has 1 rings (SSSR count). The van der Waals surface area contributed by atoms with E-state index in [1.807, 2.05) is 13.8 Å². The number of nitrogens with one attached hydrogen (secondary N) is 1. The van der Waals surface area contributed by atoms with Gasteiger partial charge in [-0.25, -0.2) is 0 Å². The van der Waals surface area contributed by atoms with E-state index in [2.05, 4.69) is 5.32 Å². The Morgan fingerprint density at radius 1 is 1.27 bits per heavy atom. The molecule has 0 spiro atoms. The van der Waals surface area contributed by atoms with Crippen LogP contribution in [0.25, 0.3) is 0 Å². The zero-order valence-corrected chi connectivity index (χ0v) is 14.4. The van der Waals surface area contributed by atoms with E-state index in [1.54, 1.807) is 25.1 Å². The van der Waals surface area contributed by atoms with Gasteiger partial charge in [0.25, 0.3) is 0 Å². The Kier molecular flexibility index (Phi) is 7.13. The fourth-order valence-corrected chi connectivity index (χ4v) is 2.30. The number of nitrogens with two attached hydrogens (primary N) is 1. The van der Waals surface area contributed by atoms with E-state index in [0.29, 0.717) is 22.3 Å². The molecule has 0 aromatic heterocycles. The second-order valence-corrected chi connectivity index (χ2v) is 6.08. The smallest absolute Gasteiger partial charge is 0.244 e. The minimum atomic E-state index is -0.628. The lowest BCUT2D eigenvalue weighted by Crippen LogP contribution is -2.48. The normalized spacial score (nSPS) is 12.1. The molecule has 0 saturated heterocycles. The van der Waals surface area contributed by atoms with E-state index in [-0.39, 0.29) is 24.3 Å². The van der Waals surface area contributed by atoms with Crippen molar-refractivity contribution in [1.29, 1.82) is 0 Å². The third kappa shape index (κ3) is 4.87. The third-order valence-electron chi connectivity index (χ3n) is 3.26.